The molecule has 0 saturated heterocycles. The van der Waals surface area contributed by atoms with E-state index in [1.807, 2.05) is 0 Å². The van der Waals surface area contributed by atoms with Crippen molar-refractivity contribution in [2.75, 3.05) is 12.8 Å². The molecule has 0 spiro atoms. The summed E-state index contributed by atoms with van der Waals surface area (Å²) in [4.78, 5) is 12.5. The molecule has 3 N–H and O–H groups in total. The second-order valence-corrected chi connectivity index (χ2v) is 6.56. The number of nitrogen functional groups attached to an aromatic ring is 1. The second kappa shape index (κ2) is 5.58. The zero-order chi connectivity index (χ0) is 15.0. The number of carbonyl (C=O) groups is 1. The van der Waals surface area contributed by atoms with Crippen LogP contribution in [0.4, 0.5) is 5.69 Å². The van der Waals surface area contributed by atoms with Crippen molar-refractivity contribution < 1.29 is 9.53 Å². The zero-order valence-corrected chi connectivity index (χ0v) is 12.8. The minimum atomic E-state index is -0.0675. The summed E-state index contributed by atoms with van der Waals surface area (Å²) in [5, 5.41) is 3.16. The second-order valence-electron chi connectivity index (χ2n) is 6.56. The highest BCUT2D eigenvalue weighted by Gasteiger charge is 2.42. The minimum Gasteiger partial charge on any atom is -0.496 e. The highest BCUT2D eigenvalue weighted by molar-refractivity contribution is 5.97. The number of benzene rings is 1. The summed E-state index contributed by atoms with van der Waals surface area (Å²) < 4.78 is 5.26. The Kier molecular flexibility index (Phi) is 3.79. The summed E-state index contributed by atoms with van der Waals surface area (Å²) in [6, 6.07) is 5.38. The fourth-order valence-electron chi connectivity index (χ4n) is 4.19. The van der Waals surface area contributed by atoms with Crippen LogP contribution in [0, 0.1) is 17.8 Å². The molecule has 2 fully saturated rings. The average molecular weight is 288 g/mol. The molecule has 1 aromatic carbocycles. The zero-order valence-electron chi connectivity index (χ0n) is 12.8. The SMILES string of the molecule is COc1cc(N)ccc1C(=O)NC(C)C1CC2CCC1C2. The molecule has 4 heteroatoms. The van der Waals surface area contributed by atoms with Gasteiger partial charge in [0.25, 0.3) is 5.91 Å². The molecule has 0 heterocycles. The monoisotopic (exact) mass is 288 g/mol. The molecule has 21 heavy (non-hydrogen) atoms. The predicted molar refractivity (Wildman–Crippen MR) is 83.3 cm³/mol. The molecular weight excluding hydrogens is 264 g/mol. The van der Waals surface area contributed by atoms with E-state index in [9.17, 15) is 4.79 Å². The number of methoxy groups -OCH3 is 1. The summed E-state index contributed by atoms with van der Waals surface area (Å²) in [6.07, 6.45) is 5.34. The van der Waals surface area contributed by atoms with Crippen molar-refractivity contribution in [3.8, 4) is 5.75 Å². The van der Waals surface area contributed by atoms with Gasteiger partial charge in [-0.05, 0) is 56.1 Å². The van der Waals surface area contributed by atoms with Crippen LogP contribution in [0.1, 0.15) is 43.0 Å². The van der Waals surface area contributed by atoms with Crippen molar-refractivity contribution in [2.24, 2.45) is 17.8 Å². The number of rotatable bonds is 4. The maximum Gasteiger partial charge on any atom is 0.255 e. The fraction of sp³-hybridized carbons (Fsp3) is 0.588. The Morgan fingerprint density at radius 3 is 2.81 bits per heavy atom. The van der Waals surface area contributed by atoms with E-state index in [0.29, 0.717) is 22.9 Å². The molecule has 3 rings (SSSR count). The van der Waals surface area contributed by atoms with Gasteiger partial charge < -0.3 is 15.8 Å². The number of nitrogens with two attached hydrogens (primary N) is 1. The van der Waals surface area contributed by atoms with E-state index in [-0.39, 0.29) is 11.9 Å². The van der Waals surface area contributed by atoms with E-state index in [0.717, 1.165) is 11.8 Å². The Labute approximate surface area is 126 Å². The number of hydrogen-bond donors (Lipinski definition) is 2. The Morgan fingerprint density at radius 1 is 1.38 bits per heavy atom. The third-order valence-corrected chi connectivity index (χ3v) is 5.26. The first-order valence-electron chi connectivity index (χ1n) is 7.83. The number of fused-ring (bicyclic) bond motifs is 2. The molecule has 114 valence electrons. The Bertz CT molecular complexity index is 544. The Balaban J connectivity index is 1.68. The summed E-state index contributed by atoms with van der Waals surface area (Å²) in [6.45, 7) is 2.13. The number of anilines is 1. The largest absolute Gasteiger partial charge is 0.496 e. The van der Waals surface area contributed by atoms with Gasteiger partial charge in [0.1, 0.15) is 5.75 Å². The molecule has 1 aromatic rings. The molecule has 4 atom stereocenters. The lowest BCUT2D eigenvalue weighted by Crippen LogP contribution is -2.40. The van der Waals surface area contributed by atoms with Crippen molar-refractivity contribution in [1.29, 1.82) is 0 Å². The van der Waals surface area contributed by atoms with Crippen LogP contribution in [-0.2, 0) is 0 Å². The van der Waals surface area contributed by atoms with Crippen molar-refractivity contribution >= 4 is 11.6 Å². The van der Waals surface area contributed by atoms with Gasteiger partial charge in [-0.25, -0.2) is 0 Å². The lowest BCUT2D eigenvalue weighted by atomic mass is 9.84. The van der Waals surface area contributed by atoms with Gasteiger partial charge in [-0.15, -0.1) is 0 Å². The van der Waals surface area contributed by atoms with Gasteiger partial charge in [0.2, 0.25) is 0 Å². The molecule has 0 aliphatic heterocycles. The van der Waals surface area contributed by atoms with Crippen LogP contribution in [0.2, 0.25) is 0 Å². The van der Waals surface area contributed by atoms with Crippen LogP contribution in [-0.4, -0.2) is 19.1 Å². The van der Waals surface area contributed by atoms with Gasteiger partial charge in [-0.1, -0.05) is 6.42 Å². The standard InChI is InChI=1S/C17H24N2O2/c1-10(15-8-11-3-4-12(15)7-11)19-17(20)14-6-5-13(18)9-16(14)21-2/h5-6,9-12,15H,3-4,7-8,18H2,1-2H3,(H,19,20). The van der Waals surface area contributed by atoms with Crippen molar-refractivity contribution in [3.05, 3.63) is 23.8 Å². The smallest absolute Gasteiger partial charge is 0.255 e. The molecule has 0 radical (unpaired) electrons. The maximum absolute atomic E-state index is 12.5. The van der Waals surface area contributed by atoms with Crippen LogP contribution in [0.25, 0.3) is 0 Å². The van der Waals surface area contributed by atoms with E-state index in [4.69, 9.17) is 10.5 Å². The average Bonchev–Trinajstić information content (AvgIpc) is 3.09. The van der Waals surface area contributed by atoms with E-state index >= 15 is 0 Å². The van der Waals surface area contributed by atoms with E-state index in [2.05, 4.69) is 12.2 Å². The van der Waals surface area contributed by atoms with E-state index in [1.165, 1.54) is 25.7 Å². The summed E-state index contributed by atoms with van der Waals surface area (Å²) in [7, 11) is 1.56. The van der Waals surface area contributed by atoms with Crippen molar-refractivity contribution in [2.45, 2.75) is 38.6 Å². The van der Waals surface area contributed by atoms with Gasteiger partial charge in [0, 0.05) is 17.8 Å². The number of hydrogen-bond acceptors (Lipinski definition) is 3. The first kappa shape index (κ1) is 14.2. The number of nitrogens with one attached hydrogen (secondary N) is 1. The van der Waals surface area contributed by atoms with Gasteiger partial charge in [0.05, 0.1) is 12.7 Å². The normalized spacial score (nSPS) is 28.4. The van der Waals surface area contributed by atoms with E-state index < -0.39 is 0 Å². The lowest BCUT2D eigenvalue weighted by molar-refractivity contribution is 0.0912. The van der Waals surface area contributed by atoms with Crippen LogP contribution < -0.4 is 15.8 Å². The highest BCUT2D eigenvalue weighted by atomic mass is 16.5. The Morgan fingerprint density at radius 2 is 2.19 bits per heavy atom. The van der Waals surface area contributed by atoms with Gasteiger partial charge in [-0.2, -0.15) is 0 Å². The minimum absolute atomic E-state index is 0.0675. The maximum atomic E-state index is 12.5. The molecule has 1 amide bonds. The Hall–Kier alpha value is -1.71. The molecule has 4 unspecified atom stereocenters. The summed E-state index contributed by atoms with van der Waals surface area (Å²) >= 11 is 0. The van der Waals surface area contributed by atoms with E-state index in [1.54, 1.807) is 25.3 Å². The third-order valence-electron chi connectivity index (χ3n) is 5.26. The van der Waals surface area contributed by atoms with Gasteiger partial charge >= 0.3 is 0 Å². The highest BCUT2D eigenvalue weighted by Crippen LogP contribution is 2.49. The molecule has 2 bridgehead atoms. The number of carbonyl (C=O) groups excluding carboxylic acids is 1. The lowest BCUT2D eigenvalue weighted by Gasteiger charge is -2.28. The quantitative estimate of drug-likeness (QED) is 0.837. The van der Waals surface area contributed by atoms with Crippen LogP contribution in [0.5, 0.6) is 5.75 Å². The first-order chi connectivity index (χ1) is 10.1. The molecule has 2 aliphatic rings. The van der Waals surface area contributed by atoms with Gasteiger partial charge in [-0.3, -0.25) is 4.79 Å². The first-order valence-corrected chi connectivity index (χ1v) is 7.83. The van der Waals surface area contributed by atoms with Gasteiger partial charge in [0.15, 0.2) is 0 Å². The van der Waals surface area contributed by atoms with Crippen molar-refractivity contribution in [1.82, 2.24) is 5.32 Å². The van der Waals surface area contributed by atoms with Crippen molar-refractivity contribution in [3.63, 3.8) is 0 Å². The summed E-state index contributed by atoms with van der Waals surface area (Å²) in [5.74, 6) is 2.80. The predicted octanol–water partition coefficient (Wildman–Crippen LogP) is 2.83. The van der Waals surface area contributed by atoms with Crippen LogP contribution in [0.15, 0.2) is 18.2 Å². The molecule has 4 nitrogen and oxygen atoms in total. The molecular formula is C17H24N2O2. The summed E-state index contributed by atoms with van der Waals surface area (Å²) in [5.41, 5.74) is 6.89. The number of amides is 1. The van der Waals surface area contributed by atoms with Crippen LogP contribution in [0.3, 0.4) is 0 Å². The number of ether oxygens (including phenoxy) is 1. The molecule has 2 saturated carbocycles. The molecule has 2 aliphatic carbocycles. The van der Waals surface area contributed by atoms with Crippen LogP contribution >= 0.6 is 0 Å². The third kappa shape index (κ3) is 2.71. The molecule has 0 aromatic heterocycles. The topological polar surface area (TPSA) is 64.3 Å². The fourth-order valence-corrected chi connectivity index (χ4v) is 4.19.